The Hall–Kier alpha value is -2.87. The number of nitrogens with one attached hydrogen (secondary N) is 2. The fourth-order valence-electron chi connectivity index (χ4n) is 2.38. The van der Waals surface area contributed by atoms with E-state index in [4.69, 9.17) is 9.47 Å². The number of ether oxygens (including phenoxy) is 2. The van der Waals surface area contributed by atoms with Crippen molar-refractivity contribution in [1.29, 1.82) is 0 Å². The van der Waals surface area contributed by atoms with Gasteiger partial charge >= 0.3 is 6.03 Å². The molecule has 1 fully saturated rings. The third-order valence-electron chi connectivity index (χ3n) is 3.61. The third-order valence-corrected chi connectivity index (χ3v) is 4.20. The highest BCUT2D eigenvalue weighted by molar-refractivity contribution is 9.10. The quantitative estimate of drug-likeness (QED) is 0.574. The summed E-state index contributed by atoms with van der Waals surface area (Å²) in [6.07, 6.45) is 1.51. The van der Waals surface area contributed by atoms with E-state index in [0.29, 0.717) is 27.1 Å². The summed E-state index contributed by atoms with van der Waals surface area (Å²) in [7, 11) is 1.47. The molecule has 0 aliphatic carbocycles. The van der Waals surface area contributed by atoms with Gasteiger partial charge in [0.15, 0.2) is 11.5 Å². The van der Waals surface area contributed by atoms with Gasteiger partial charge in [-0.1, -0.05) is 18.2 Å². The van der Waals surface area contributed by atoms with Crippen molar-refractivity contribution in [2.75, 3.05) is 7.11 Å². The summed E-state index contributed by atoms with van der Waals surface area (Å²) in [5.41, 5.74) is 1.15. The number of urea groups is 1. The molecule has 2 N–H and O–H groups in total. The number of hydrogen-bond donors (Lipinski definition) is 2. The van der Waals surface area contributed by atoms with Crippen LogP contribution < -0.4 is 20.1 Å². The molecule has 2 aromatic carbocycles. The molecule has 0 radical (unpaired) electrons. The lowest BCUT2D eigenvalue weighted by atomic mass is 10.1. The smallest absolute Gasteiger partial charge is 0.326 e. The van der Waals surface area contributed by atoms with Gasteiger partial charge in [0.1, 0.15) is 18.1 Å². The van der Waals surface area contributed by atoms with Crippen molar-refractivity contribution < 1.29 is 23.5 Å². The Morgan fingerprint density at radius 1 is 1.19 bits per heavy atom. The molecule has 1 saturated heterocycles. The van der Waals surface area contributed by atoms with Crippen LogP contribution in [0.25, 0.3) is 6.08 Å². The van der Waals surface area contributed by atoms with E-state index in [-0.39, 0.29) is 18.1 Å². The van der Waals surface area contributed by atoms with E-state index in [9.17, 15) is 14.0 Å². The summed E-state index contributed by atoms with van der Waals surface area (Å²) in [4.78, 5) is 22.8. The summed E-state index contributed by atoms with van der Waals surface area (Å²) < 4.78 is 25.3. The van der Waals surface area contributed by atoms with E-state index in [1.54, 1.807) is 30.3 Å². The number of hydrogen-bond acceptors (Lipinski definition) is 4. The number of imide groups is 1. The molecule has 0 atom stereocenters. The van der Waals surface area contributed by atoms with E-state index >= 15 is 0 Å². The Morgan fingerprint density at radius 3 is 2.62 bits per heavy atom. The zero-order valence-corrected chi connectivity index (χ0v) is 15.2. The minimum absolute atomic E-state index is 0.0283. The molecule has 6 nitrogen and oxygen atoms in total. The number of halogens is 2. The molecule has 0 bridgehead atoms. The monoisotopic (exact) mass is 420 g/mol. The zero-order chi connectivity index (χ0) is 18.7. The molecule has 3 amide bonds. The first-order valence-electron chi connectivity index (χ1n) is 7.55. The van der Waals surface area contributed by atoms with Crippen molar-refractivity contribution in [3.63, 3.8) is 0 Å². The van der Waals surface area contributed by atoms with Gasteiger partial charge in [-0.05, 0) is 45.8 Å². The topological polar surface area (TPSA) is 76.7 Å². The van der Waals surface area contributed by atoms with Crippen LogP contribution in [0.4, 0.5) is 9.18 Å². The standard InChI is InChI=1S/C18H14BrFN2O4/c1-25-15-8-10(7-14-17(23)22-18(24)21-14)6-12(19)16(15)26-9-11-4-2-3-5-13(11)20/h2-8H,9H2,1H3,(H2,21,22,23,24)/b14-7+. The van der Waals surface area contributed by atoms with E-state index in [2.05, 4.69) is 26.6 Å². The number of rotatable bonds is 5. The van der Waals surface area contributed by atoms with Gasteiger partial charge in [0.25, 0.3) is 5.91 Å². The molecule has 3 rings (SSSR count). The largest absolute Gasteiger partial charge is 0.493 e. The van der Waals surface area contributed by atoms with Crippen LogP contribution in [-0.4, -0.2) is 19.0 Å². The average Bonchev–Trinajstić information content (AvgIpc) is 2.92. The van der Waals surface area contributed by atoms with Crippen molar-refractivity contribution in [3.05, 3.63) is 63.5 Å². The average molecular weight is 421 g/mol. The molecule has 8 heteroatoms. The second-order valence-corrected chi connectivity index (χ2v) is 6.23. The highest BCUT2D eigenvalue weighted by Gasteiger charge is 2.23. The van der Waals surface area contributed by atoms with Crippen LogP contribution in [0, 0.1) is 5.82 Å². The van der Waals surface area contributed by atoms with E-state index in [1.807, 2.05) is 0 Å². The highest BCUT2D eigenvalue weighted by atomic mass is 79.9. The Bertz CT molecular complexity index is 914. The first kappa shape index (κ1) is 17.9. The summed E-state index contributed by atoms with van der Waals surface area (Å²) in [5.74, 6) is -0.0676. The van der Waals surface area contributed by atoms with Gasteiger partial charge in [-0.25, -0.2) is 9.18 Å². The number of benzene rings is 2. The molecule has 134 valence electrons. The molecular weight excluding hydrogens is 407 g/mol. The van der Waals surface area contributed by atoms with Crippen molar-refractivity contribution in [3.8, 4) is 11.5 Å². The Labute approximate surface area is 157 Å². The Morgan fingerprint density at radius 2 is 1.96 bits per heavy atom. The van der Waals surface area contributed by atoms with Crippen LogP contribution >= 0.6 is 15.9 Å². The fourth-order valence-corrected chi connectivity index (χ4v) is 2.95. The predicted octanol–water partition coefficient (Wildman–Crippen LogP) is 3.36. The summed E-state index contributed by atoms with van der Waals surface area (Å²) in [6, 6.07) is 9.10. The van der Waals surface area contributed by atoms with Crippen molar-refractivity contribution >= 4 is 33.9 Å². The minimum atomic E-state index is -0.572. The maximum absolute atomic E-state index is 13.7. The summed E-state index contributed by atoms with van der Waals surface area (Å²) >= 11 is 3.39. The van der Waals surface area contributed by atoms with Gasteiger partial charge in [-0.3, -0.25) is 10.1 Å². The Balaban J connectivity index is 1.86. The highest BCUT2D eigenvalue weighted by Crippen LogP contribution is 2.37. The maximum atomic E-state index is 13.7. The van der Waals surface area contributed by atoms with Gasteiger partial charge in [-0.15, -0.1) is 0 Å². The molecule has 1 aliphatic heterocycles. The van der Waals surface area contributed by atoms with Crippen LogP contribution in [0.2, 0.25) is 0 Å². The summed E-state index contributed by atoms with van der Waals surface area (Å²) in [6.45, 7) is 0.0283. The molecule has 0 unspecified atom stereocenters. The zero-order valence-electron chi connectivity index (χ0n) is 13.6. The molecule has 0 spiro atoms. The molecule has 0 aromatic heterocycles. The third kappa shape index (κ3) is 3.85. The molecule has 1 aliphatic rings. The van der Waals surface area contributed by atoms with E-state index in [0.717, 1.165) is 0 Å². The number of methoxy groups -OCH3 is 1. The van der Waals surface area contributed by atoms with Gasteiger partial charge in [0.2, 0.25) is 0 Å². The van der Waals surface area contributed by atoms with Gasteiger partial charge in [0, 0.05) is 5.56 Å². The van der Waals surface area contributed by atoms with Crippen molar-refractivity contribution in [1.82, 2.24) is 10.6 Å². The molecule has 1 heterocycles. The van der Waals surface area contributed by atoms with Gasteiger partial charge in [0.05, 0.1) is 11.6 Å². The lowest BCUT2D eigenvalue weighted by Crippen LogP contribution is -2.22. The lowest BCUT2D eigenvalue weighted by Gasteiger charge is -2.14. The normalized spacial score (nSPS) is 15.0. The van der Waals surface area contributed by atoms with Gasteiger partial charge in [-0.2, -0.15) is 0 Å². The molecule has 0 saturated carbocycles. The second-order valence-electron chi connectivity index (χ2n) is 5.38. The maximum Gasteiger partial charge on any atom is 0.326 e. The van der Waals surface area contributed by atoms with Crippen LogP contribution in [-0.2, 0) is 11.4 Å². The van der Waals surface area contributed by atoms with Gasteiger partial charge < -0.3 is 14.8 Å². The van der Waals surface area contributed by atoms with Crippen LogP contribution in [0.3, 0.4) is 0 Å². The molecule has 2 aromatic rings. The molecule has 26 heavy (non-hydrogen) atoms. The lowest BCUT2D eigenvalue weighted by molar-refractivity contribution is -0.115. The fraction of sp³-hybridized carbons (Fsp3) is 0.111. The van der Waals surface area contributed by atoms with Crippen LogP contribution in [0.5, 0.6) is 11.5 Å². The predicted molar refractivity (Wildman–Crippen MR) is 96.1 cm³/mol. The van der Waals surface area contributed by atoms with E-state index in [1.165, 1.54) is 19.3 Å². The number of carbonyl (C=O) groups excluding carboxylic acids is 2. The summed E-state index contributed by atoms with van der Waals surface area (Å²) in [5, 5.41) is 4.53. The first-order valence-corrected chi connectivity index (χ1v) is 8.35. The second kappa shape index (κ2) is 7.57. The Kier molecular flexibility index (Phi) is 5.22. The number of carbonyl (C=O) groups is 2. The molecular formula is C18H14BrFN2O4. The van der Waals surface area contributed by atoms with Crippen LogP contribution in [0.1, 0.15) is 11.1 Å². The van der Waals surface area contributed by atoms with E-state index < -0.39 is 11.9 Å². The van der Waals surface area contributed by atoms with Crippen molar-refractivity contribution in [2.45, 2.75) is 6.61 Å². The van der Waals surface area contributed by atoms with Crippen molar-refractivity contribution in [2.24, 2.45) is 0 Å². The number of amides is 3. The minimum Gasteiger partial charge on any atom is -0.493 e. The van der Waals surface area contributed by atoms with Crippen LogP contribution in [0.15, 0.2) is 46.6 Å². The SMILES string of the molecule is COc1cc(/C=C2/NC(=O)NC2=O)cc(Br)c1OCc1ccccc1F. The first-order chi connectivity index (χ1) is 12.5.